The molecule has 1 aliphatic heterocycles. The molecule has 0 spiro atoms. The monoisotopic (exact) mass is 412 g/mol. The smallest absolute Gasteiger partial charge is 0.338 e. The number of anilines is 2. The summed E-state index contributed by atoms with van der Waals surface area (Å²) >= 11 is 0. The molecule has 6 heteroatoms. The number of fused-ring (bicyclic) bond motifs is 3. The average molecular weight is 412 g/mol. The topological polar surface area (TPSA) is 72.6 Å². The zero-order valence-corrected chi connectivity index (χ0v) is 16.9. The second kappa shape index (κ2) is 7.72. The first-order chi connectivity index (χ1) is 15.1. The fourth-order valence-electron chi connectivity index (χ4n) is 3.96. The normalized spacial score (nSPS) is 13.8. The van der Waals surface area contributed by atoms with Crippen LogP contribution in [0.3, 0.4) is 0 Å². The van der Waals surface area contributed by atoms with E-state index in [2.05, 4.69) is 4.98 Å². The Kier molecular flexibility index (Phi) is 4.75. The van der Waals surface area contributed by atoms with E-state index in [1.54, 1.807) is 30.0 Å². The van der Waals surface area contributed by atoms with Crippen LogP contribution in [0.2, 0.25) is 0 Å². The van der Waals surface area contributed by atoms with Crippen molar-refractivity contribution >= 4 is 34.4 Å². The summed E-state index contributed by atoms with van der Waals surface area (Å²) in [5, 5.41) is 0. The maximum atomic E-state index is 13.5. The molecule has 5 rings (SSSR count). The highest BCUT2D eigenvalue weighted by Crippen LogP contribution is 2.36. The zero-order valence-electron chi connectivity index (χ0n) is 16.9. The lowest BCUT2D eigenvalue weighted by Gasteiger charge is -2.27. The summed E-state index contributed by atoms with van der Waals surface area (Å²) < 4.78 is 10.8. The summed E-state index contributed by atoms with van der Waals surface area (Å²) in [4.78, 5) is 32.0. The number of aryl methyl sites for hydroxylation is 2. The molecule has 0 N–H and O–H groups in total. The maximum Gasteiger partial charge on any atom is 0.338 e. The number of amides is 1. The van der Waals surface area contributed by atoms with Crippen molar-refractivity contribution < 1.29 is 18.7 Å². The van der Waals surface area contributed by atoms with Crippen LogP contribution in [-0.4, -0.2) is 23.0 Å². The molecule has 1 aromatic heterocycles. The van der Waals surface area contributed by atoms with Gasteiger partial charge in [-0.1, -0.05) is 36.4 Å². The lowest BCUT2D eigenvalue weighted by molar-refractivity contribution is -0.125. The molecule has 31 heavy (non-hydrogen) atoms. The highest BCUT2D eigenvalue weighted by Gasteiger charge is 2.31. The number of hydrogen-bond acceptors (Lipinski definition) is 5. The lowest BCUT2D eigenvalue weighted by Crippen LogP contribution is -2.37. The second-order valence-corrected chi connectivity index (χ2v) is 7.51. The molecule has 4 aromatic rings. The maximum absolute atomic E-state index is 13.5. The first kappa shape index (κ1) is 19.1. The summed E-state index contributed by atoms with van der Waals surface area (Å²) in [7, 11) is 0. The van der Waals surface area contributed by atoms with Crippen LogP contribution >= 0.6 is 0 Å². The van der Waals surface area contributed by atoms with E-state index in [1.807, 2.05) is 48.5 Å². The molecule has 0 aliphatic carbocycles. The summed E-state index contributed by atoms with van der Waals surface area (Å²) in [6.45, 7) is 1.60. The van der Waals surface area contributed by atoms with E-state index in [0.29, 0.717) is 16.7 Å². The molecular formula is C25H20N2O4. The molecule has 0 fully saturated rings. The Morgan fingerprint density at radius 1 is 0.968 bits per heavy atom. The number of carbonyl (C=O) groups is 2. The molecule has 1 aliphatic rings. The number of para-hydroxylation sites is 2. The van der Waals surface area contributed by atoms with E-state index < -0.39 is 12.1 Å². The number of esters is 1. The van der Waals surface area contributed by atoms with Gasteiger partial charge in [0, 0.05) is 0 Å². The van der Waals surface area contributed by atoms with Gasteiger partial charge in [0.1, 0.15) is 5.52 Å². The summed E-state index contributed by atoms with van der Waals surface area (Å²) in [5.74, 6) is -0.875. The van der Waals surface area contributed by atoms with Crippen LogP contribution in [0.4, 0.5) is 11.4 Å². The van der Waals surface area contributed by atoms with E-state index in [0.717, 1.165) is 35.3 Å². The van der Waals surface area contributed by atoms with E-state index in [1.165, 1.54) is 6.39 Å². The first-order valence-corrected chi connectivity index (χ1v) is 10.2. The largest absolute Gasteiger partial charge is 0.449 e. The standard InChI is InChI=1S/C25H20N2O4/c1-16(31-25(29)19-12-13-23-20(14-19)26-15-30-23)24(28)27-21-8-4-2-6-17(21)10-11-18-7-3-5-9-22(18)27/h2-9,12-16H,10-11H2,1H3. The van der Waals surface area contributed by atoms with Crippen molar-refractivity contribution in [1.29, 1.82) is 0 Å². The van der Waals surface area contributed by atoms with Gasteiger partial charge < -0.3 is 9.15 Å². The van der Waals surface area contributed by atoms with Crippen LogP contribution in [0.1, 0.15) is 28.4 Å². The third-order valence-corrected chi connectivity index (χ3v) is 5.55. The quantitative estimate of drug-likeness (QED) is 0.451. The van der Waals surface area contributed by atoms with Gasteiger partial charge in [-0.05, 0) is 61.2 Å². The molecular weight excluding hydrogens is 392 g/mol. The number of benzene rings is 3. The minimum atomic E-state index is -0.972. The van der Waals surface area contributed by atoms with Crippen molar-refractivity contribution in [2.75, 3.05) is 4.90 Å². The van der Waals surface area contributed by atoms with Crippen molar-refractivity contribution in [3.05, 3.63) is 89.8 Å². The van der Waals surface area contributed by atoms with Crippen LogP contribution in [-0.2, 0) is 22.4 Å². The molecule has 1 unspecified atom stereocenters. The number of aromatic nitrogens is 1. The van der Waals surface area contributed by atoms with Crippen molar-refractivity contribution in [2.24, 2.45) is 0 Å². The van der Waals surface area contributed by atoms with Crippen LogP contribution in [0.5, 0.6) is 0 Å². The second-order valence-electron chi connectivity index (χ2n) is 7.51. The number of carbonyl (C=O) groups excluding carboxylic acids is 2. The van der Waals surface area contributed by atoms with Crippen molar-refractivity contribution in [3.8, 4) is 0 Å². The summed E-state index contributed by atoms with van der Waals surface area (Å²) in [5.41, 5.74) is 5.28. The van der Waals surface area contributed by atoms with Gasteiger partial charge in [-0.25, -0.2) is 9.78 Å². The van der Waals surface area contributed by atoms with E-state index in [4.69, 9.17) is 9.15 Å². The van der Waals surface area contributed by atoms with Gasteiger partial charge in [-0.2, -0.15) is 0 Å². The van der Waals surface area contributed by atoms with Gasteiger partial charge in [0.25, 0.3) is 5.91 Å². The van der Waals surface area contributed by atoms with Gasteiger partial charge in [-0.3, -0.25) is 9.69 Å². The van der Waals surface area contributed by atoms with Gasteiger partial charge in [0.05, 0.1) is 16.9 Å². The number of oxazole rings is 1. The highest BCUT2D eigenvalue weighted by molar-refractivity contribution is 6.06. The van der Waals surface area contributed by atoms with Crippen molar-refractivity contribution in [2.45, 2.75) is 25.9 Å². The highest BCUT2D eigenvalue weighted by atomic mass is 16.5. The third kappa shape index (κ3) is 3.46. The molecule has 1 atom stereocenters. The van der Waals surface area contributed by atoms with Crippen LogP contribution in [0.15, 0.2) is 77.5 Å². The number of ether oxygens (including phenoxy) is 1. The molecule has 2 heterocycles. The Morgan fingerprint density at radius 2 is 1.61 bits per heavy atom. The third-order valence-electron chi connectivity index (χ3n) is 5.55. The van der Waals surface area contributed by atoms with Gasteiger partial charge >= 0.3 is 5.97 Å². The average Bonchev–Trinajstić information content (AvgIpc) is 3.20. The SMILES string of the molecule is CC(OC(=O)c1ccc2ocnc2c1)C(=O)N1c2ccccc2CCc2ccccc21. The van der Waals surface area contributed by atoms with E-state index in [-0.39, 0.29) is 5.91 Å². The Bertz CT molecular complexity index is 1250. The lowest BCUT2D eigenvalue weighted by atomic mass is 10.0. The van der Waals surface area contributed by atoms with Crippen molar-refractivity contribution in [3.63, 3.8) is 0 Å². The Balaban J connectivity index is 1.45. The van der Waals surface area contributed by atoms with Gasteiger partial charge in [0.2, 0.25) is 0 Å². The van der Waals surface area contributed by atoms with Crippen LogP contribution in [0, 0.1) is 0 Å². The number of hydrogen-bond donors (Lipinski definition) is 0. The molecule has 154 valence electrons. The minimum Gasteiger partial charge on any atom is -0.449 e. The number of nitrogens with zero attached hydrogens (tertiary/aromatic N) is 2. The molecule has 0 bridgehead atoms. The molecule has 0 saturated carbocycles. The Labute approximate surface area is 179 Å². The fraction of sp³-hybridized carbons (Fsp3) is 0.160. The summed E-state index contributed by atoms with van der Waals surface area (Å²) in [6, 6.07) is 20.6. The van der Waals surface area contributed by atoms with Crippen LogP contribution in [0.25, 0.3) is 11.1 Å². The van der Waals surface area contributed by atoms with Gasteiger partial charge in [0.15, 0.2) is 18.1 Å². The van der Waals surface area contributed by atoms with E-state index >= 15 is 0 Å². The summed E-state index contributed by atoms with van der Waals surface area (Å²) in [6.07, 6.45) is 2.02. The Morgan fingerprint density at radius 3 is 2.29 bits per heavy atom. The predicted molar refractivity (Wildman–Crippen MR) is 116 cm³/mol. The first-order valence-electron chi connectivity index (χ1n) is 10.2. The minimum absolute atomic E-state index is 0.294. The zero-order chi connectivity index (χ0) is 21.4. The van der Waals surface area contributed by atoms with Crippen LogP contribution < -0.4 is 4.90 Å². The molecule has 1 amide bonds. The molecule has 0 saturated heterocycles. The molecule has 0 radical (unpaired) electrons. The fourth-order valence-corrected chi connectivity index (χ4v) is 3.96. The number of rotatable bonds is 3. The molecule has 3 aromatic carbocycles. The Hall–Kier alpha value is -3.93. The van der Waals surface area contributed by atoms with Gasteiger partial charge in [-0.15, -0.1) is 0 Å². The van der Waals surface area contributed by atoms with E-state index in [9.17, 15) is 9.59 Å². The van der Waals surface area contributed by atoms with Crippen molar-refractivity contribution in [1.82, 2.24) is 4.98 Å². The molecule has 6 nitrogen and oxygen atoms in total. The predicted octanol–water partition coefficient (Wildman–Crippen LogP) is 4.84.